The van der Waals surface area contributed by atoms with Gasteiger partial charge in [0.05, 0.1) is 20.3 Å². The Morgan fingerprint density at radius 3 is 2.54 bits per heavy atom. The van der Waals surface area contributed by atoms with Crippen molar-refractivity contribution in [3.05, 3.63) is 67.3 Å². The predicted molar refractivity (Wildman–Crippen MR) is 104 cm³/mol. The van der Waals surface area contributed by atoms with Crippen LogP contribution < -0.4 is 11.2 Å². The number of hydrogen-bond donors (Lipinski definition) is 0. The van der Waals surface area contributed by atoms with Crippen LogP contribution >= 0.6 is 34.5 Å². The minimum atomic E-state index is -4.81. The molecule has 0 saturated carbocycles. The highest BCUT2D eigenvalue weighted by molar-refractivity contribution is 7.16. The first kappa shape index (κ1) is 18.9. The summed E-state index contributed by atoms with van der Waals surface area (Å²) in [5, 5.41) is 2.98. The zero-order chi connectivity index (χ0) is 20.2. The van der Waals surface area contributed by atoms with Crippen LogP contribution in [0.4, 0.5) is 13.2 Å². The topological polar surface area (TPSA) is 56.9 Å². The average Bonchev–Trinajstić information content (AvgIpc) is 3.22. The molecule has 28 heavy (non-hydrogen) atoms. The molecule has 4 rings (SSSR count). The summed E-state index contributed by atoms with van der Waals surface area (Å²) in [6.07, 6.45) is -4.81. The van der Waals surface area contributed by atoms with E-state index in [0.717, 1.165) is 16.6 Å². The van der Waals surface area contributed by atoms with Gasteiger partial charge in [0, 0.05) is 18.5 Å². The molecule has 5 nitrogen and oxygen atoms in total. The Bertz CT molecular complexity index is 1330. The van der Waals surface area contributed by atoms with Crippen molar-refractivity contribution in [3.8, 4) is 16.3 Å². The van der Waals surface area contributed by atoms with E-state index in [4.69, 9.17) is 11.6 Å². The summed E-state index contributed by atoms with van der Waals surface area (Å²) in [5.41, 5.74) is -2.70. The second kappa shape index (κ2) is 6.57. The summed E-state index contributed by atoms with van der Waals surface area (Å²) in [6.45, 7) is 0. The van der Waals surface area contributed by atoms with Crippen LogP contribution in [-0.2, 0) is 13.2 Å². The summed E-state index contributed by atoms with van der Waals surface area (Å²) in [5.74, 6) is 0. The second-order valence-electron chi connectivity index (χ2n) is 5.85. The molecule has 0 aliphatic heterocycles. The molecule has 0 unspecified atom stereocenters. The normalized spacial score (nSPS) is 12.0. The van der Waals surface area contributed by atoms with Crippen molar-refractivity contribution in [1.29, 1.82) is 0 Å². The summed E-state index contributed by atoms with van der Waals surface area (Å²) in [4.78, 5) is 25.5. The van der Waals surface area contributed by atoms with Crippen LogP contribution in [-0.4, -0.2) is 13.5 Å². The SMILES string of the molecule is Cn1c(C(F)(F)F)cc(=O)n(-c2ccc3snc(-c4sccc4Cl)c3c2)c1=O. The number of aromatic nitrogens is 3. The van der Waals surface area contributed by atoms with Gasteiger partial charge in [-0.15, -0.1) is 11.3 Å². The van der Waals surface area contributed by atoms with Crippen molar-refractivity contribution in [1.82, 2.24) is 13.5 Å². The van der Waals surface area contributed by atoms with E-state index < -0.39 is 23.1 Å². The van der Waals surface area contributed by atoms with Crippen LogP contribution in [0.25, 0.3) is 26.3 Å². The lowest BCUT2D eigenvalue weighted by Gasteiger charge is -2.14. The Hall–Kier alpha value is -2.43. The van der Waals surface area contributed by atoms with E-state index in [9.17, 15) is 22.8 Å². The lowest BCUT2D eigenvalue weighted by Crippen LogP contribution is -2.40. The molecule has 0 saturated heterocycles. The van der Waals surface area contributed by atoms with Crippen LogP contribution in [0.1, 0.15) is 5.69 Å². The van der Waals surface area contributed by atoms with Gasteiger partial charge in [-0.3, -0.25) is 9.36 Å². The maximum absolute atomic E-state index is 13.0. The van der Waals surface area contributed by atoms with Gasteiger partial charge in [0.15, 0.2) is 0 Å². The minimum Gasteiger partial charge on any atom is -0.292 e. The molecule has 0 amide bonds. The highest BCUT2D eigenvalue weighted by atomic mass is 35.5. The highest BCUT2D eigenvalue weighted by Gasteiger charge is 2.35. The van der Waals surface area contributed by atoms with E-state index in [1.54, 1.807) is 18.2 Å². The van der Waals surface area contributed by atoms with Gasteiger partial charge in [0.1, 0.15) is 11.4 Å². The largest absolute Gasteiger partial charge is 0.431 e. The van der Waals surface area contributed by atoms with Gasteiger partial charge in [-0.1, -0.05) is 11.6 Å². The zero-order valence-electron chi connectivity index (χ0n) is 14.0. The molecule has 0 aliphatic rings. The quantitative estimate of drug-likeness (QED) is 0.457. The Labute approximate surface area is 168 Å². The number of hydrogen-bond acceptors (Lipinski definition) is 5. The van der Waals surface area contributed by atoms with Crippen molar-refractivity contribution < 1.29 is 13.2 Å². The molecular weight excluding hydrogens is 435 g/mol. The van der Waals surface area contributed by atoms with E-state index in [2.05, 4.69) is 4.37 Å². The van der Waals surface area contributed by atoms with Gasteiger partial charge in [-0.2, -0.15) is 17.5 Å². The number of nitrogens with zero attached hydrogens (tertiary/aromatic N) is 3. The predicted octanol–water partition coefficient (Wildman–Crippen LogP) is 4.55. The molecule has 144 valence electrons. The molecule has 4 aromatic rings. The first-order valence-corrected chi connectivity index (χ1v) is 9.75. The minimum absolute atomic E-state index is 0.154. The van der Waals surface area contributed by atoms with Crippen LogP contribution in [0.5, 0.6) is 0 Å². The van der Waals surface area contributed by atoms with E-state index in [-0.39, 0.29) is 5.69 Å². The molecule has 0 fully saturated rings. The third-order valence-electron chi connectivity index (χ3n) is 4.15. The van der Waals surface area contributed by atoms with Crippen molar-refractivity contribution in [2.24, 2.45) is 7.05 Å². The number of benzene rings is 1. The summed E-state index contributed by atoms with van der Waals surface area (Å²) in [7, 11) is 0.975. The molecule has 0 atom stereocenters. The van der Waals surface area contributed by atoms with Crippen molar-refractivity contribution in [3.63, 3.8) is 0 Å². The van der Waals surface area contributed by atoms with Crippen LogP contribution in [0.15, 0.2) is 45.3 Å². The van der Waals surface area contributed by atoms with E-state index in [1.807, 2.05) is 5.38 Å². The number of thiophene rings is 1. The molecule has 0 bridgehead atoms. The maximum Gasteiger partial charge on any atom is 0.431 e. The number of rotatable bonds is 2. The van der Waals surface area contributed by atoms with Crippen LogP contribution in [0.3, 0.4) is 0 Å². The van der Waals surface area contributed by atoms with Gasteiger partial charge in [0.25, 0.3) is 5.56 Å². The van der Waals surface area contributed by atoms with Gasteiger partial charge >= 0.3 is 11.9 Å². The van der Waals surface area contributed by atoms with Crippen molar-refractivity contribution >= 4 is 44.6 Å². The van der Waals surface area contributed by atoms with E-state index in [1.165, 1.54) is 28.9 Å². The maximum atomic E-state index is 13.0. The first-order valence-electron chi connectivity index (χ1n) is 7.72. The van der Waals surface area contributed by atoms with E-state index in [0.29, 0.717) is 31.3 Å². The Morgan fingerprint density at radius 1 is 1.14 bits per heavy atom. The van der Waals surface area contributed by atoms with Gasteiger partial charge < -0.3 is 0 Å². The summed E-state index contributed by atoms with van der Waals surface area (Å²) >= 11 is 8.79. The summed E-state index contributed by atoms with van der Waals surface area (Å²) < 4.78 is 45.4. The standard InChI is InChI=1S/C17H9ClF3N3O2S2/c1-23-12(17(19,20)21)7-13(25)24(16(23)26)8-2-3-11-9(6-8)14(22-28-11)15-10(18)4-5-27-15/h2-7H,1H3. The molecule has 0 aliphatic carbocycles. The molecule has 0 N–H and O–H groups in total. The van der Waals surface area contributed by atoms with Gasteiger partial charge in [-0.25, -0.2) is 9.36 Å². The second-order valence-corrected chi connectivity index (χ2v) is 7.98. The lowest BCUT2D eigenvalue weighted by atomic mass is 10.1. The third-order valence-corrected chi connectivity index (χ3v) is 6.33. The molecule has 1 aromatic carbocycles. The van der Waals surface area contributed by atoms with Crippen molar-refractivity contribution in [2.75, 3.05) is 0 Å². The number of alkyl halides is 3. The first-order chi connectivity index (χ1) is 13.2. The van der Waals surface area contributed by atoms with Gasteiger partial charge in [0.2, 0.25) is 0 Å². The molecule has 3 heterocycles. The smallest absolute Gasteiger partial charge is 0.292 e. The van der Waals surface area contributed by atoms with Gasteiger partial charge in [-0.05, 0) is 41.2 Å². The monoisotopic (exact) mass is 443 g/mol. The Balaban J connectivity index is 1.96. The number of halogens is 4. The molecule has 0 spiro atoms. The molecule has 11 heteroatoms. The fourth-order valence-electron chi connectivity index (χ4n) is 2.83. The summed E-state index contributed by atoms with van der Waals surface area (Å²) in [6, 6.07) is 6.86. The van der Waals surface area contributed by atoms with E-state index >= 15 is 0 Å². The molecule has 0 radical (unpaired) electrons. The Morgan fingerprint density at radius 2 is 1.89 bits per heavy atom. The van der Waals surface area contributed by atoms with Crippen molar-refractivity contribution in [2.45, 2.75) is 6.18 Å². The highest BCUT2D eigenvalue weighted by Crippen LogP contribution is 2.38. The molecule has 3 aromatic heterocycles. The fraction of sp³-hybridized carbons (Fsp3) is 0.118. The van der Waals surface area contributed by atoms with Crippen LogP contribution in [0, 0.1) is 0 Å². The molecular formula is C17H9ClF3N3O2S2. The average molecular weight is 444 g/mol. The lowest BCUT2D eigenvalue weighted by molar-refractivity contribution is -0.144. The van der Waals surface area contributed by atoms with Crippen LogP contribution in [0.2, 0.25) is 5.02 Å². The number of fused-ring (bicyclic) bond motifs is 1. The zero-order valence-corrected chi connectivity index (χ0v) is 16.3. The fourth-order valence-corrected chi connectivity index (χ4v) is 4.80. The third kappa shape index (κ3) is 2.97. The Kier molecular flexibility index (Phi) is 4.44.